The summed E-state index contributed by atoms with van der Waals surface area (Å²) in [7, 11) is 0. The first-order chi connectivity index (χ1) is 9.94. The van der Waals surface area contributed by atoms with Crippen molar-refractivity contribution in [3.05, 3.63) is 0 Å². The highest BCUT2D eigenvalue weighted by Gasteiger charge is 2.26. The number of ether oxygens (including phenoxy) is 2. The summed E-state index contributed by atoms with van der Waals surface area (Å²) >= 11 is 0. The fraction of sp³-hybridized carbons (Fsp3) is 0.882. The van der Waals surface area contributed by atoms with Gasteiger partial charge in [0.15, 0.2) is 0 Å². The van der Waals surface area contributed by atoms with E-state index in [0.29, 0.717) is 19.4 Å². The molecule has 0 N–H and O–H groups in total. The van der Waals surface area contributed by atoms with Gasteiger partial charge in [-0.3, -0.25) is 9.59 Å². The third kappa shape index (κ3) is 10.3. The van der Waals surface area contributed by atoms with Crippen molar-refractivity contribution < 1.29 is 19.1 Å². The third-order valence-corrected chi connectivity index (χ3v) is 3.71. The first-order valence-electron chi connectivity index (χ1n) is 8.27. The van der Waals surface area contributed by atoms with Gasteiger partial charge in [0.05, 0.1) is 18.6 Å². The summed E-state index contributed by atoms with van der Waals surface area (Å²) in [6.45, 7) is 8.65. The molecular formula is C17H32O4. The van der Waals surface area contributed by atoms with Gasteiger partial charge >= 0.3 is 11.9 Å². The van der Waals surface area contributed by atoms with Crippen LogP contribution in [0.1, 0.15) is 79.1 Å². The molecule has 0 radical (unpaired) electrons. The van der Waals surface area contributed by atoms with Gasteiger partial charge in [0.1, 0.15) is 0 Å². The average Bonchev–Trinajstić information content (AvgIpc) is 2.46. The van der Waals surface area contributed by atoms with Gasteiger partial charge in [-0.15, -0.1) is 0 Å². The molecule has 124 valence electrons. The average molecular weight is 300 g/mol. The predicted molar refractivity (Wildman–Crippen MR) is 84.0 cm³/mol. The molecule has 0 fully saturated rings. The summed E-state index contributed by atoms with van der Waals surface area (Å²) in [6.07, 6.45) is 7.30. The van der Waals surface area contributed by atoms with E-state index in [1.54, 1.807) is 0 Å². The molecule has 0 atom stereocenters. The van der Waals surface area contributed by atoms with Gasteiger partial charge in [0.2, 0.25) is 0 Å². The largest absolute Gasteiger partial charge is 0.466 e. The van der Waals surface area contributed by atoms with Crippen LogP contribution in [0.4, 0.5) is 0 Å². The lowest BCUT2D eigenvalue weighted by atomic mass is 9.91. The van der Waals surface area contributed by atoms with Crippen LogP contribution in [0.5, 0.6) is 0 Å². The zero-order valence-electron chi connectivity index (χ0n) is 14.2. The van der Waals surface area contributed by atoms with Crippen molar-refractivity contribution in [2.24, 2.45) is 5.41 Å². The number of hydrogen-bond acceptors (Lipinski definition) is 4. The fourth-order valence-corrected chi connectivity index (χ4v) is 1.68. The summed E-state index contributed by atoms with van der Waals surface area (Å²) in [5.41, 5.74) is -0.445. The molecule has 0 saturated heterocycles. The van der Waals surface area contributed by atoms with E-state index in [1.807, 2.05) is 20.8 Å². The minimum Gasteiger partial charge on any atom is -0.466 e. The maximum absolute atomic E-state index is 11.7. The van der Waals surface area contributed by atoms with Gasteiger partial charge in [0.25, 0.3) is 0 Å². The topological polar surface area (TPSA) is 52.6 Å². The number of rotatable bonds is 12. The molecule has 0 amide bonds. The molecule has 0 unspecified atom stereocenters. The lowest BCUT2D eigenvalue weighted by molar-refractivity contribution is -0.155. The van der Waals surface area contributed by atoms with Gasteiger partial charge in [-0.25, -0.2) is 0 Å². The van der Waals surface area contributed by atoms with Gasteiger partial charge in [-0.1, -0.05) is 39.5 Å². The molecule has 0 bridgehead atoms. The molecule has 0 aromatic rings. The Morgan fingerprint density at radius 2 is 1.48 bits per heavy atom. The minimum absolute atomic E-state index is 0.198. The number of carbonyl (C=O) groups excluding carboxylic acids is 2. The maximum Gasteiger partial charge on any atom is 0.311 e. The van der Waals surface area contributed by atoms with Crippen molar-refractivity contribution in [2.75, 3.05) is 13.2 Å². The summed E-state index contributed by atoms with van der Waals surface area (Å²) in [5, 5.41) is 0. The standard InChI is InChI=1S/C17H32O4/c1-5-7-8-9-10-13-20-15(18)12-11-14-21-16(19)17(3,4)6-2/h5-14H2,1-4H3. The highest BCUT2D eigenvalue weighted by Crippen LogP contribution is 2.21. The second kappa shape index (κ2) is 11.6. The van der Waals surface area contributed by atoms with E-state index in [0.717, 1.165) is 19.3 Å². The zero-order valence-corrected chi connectivity index (χ0v) is 14.2. The first-order valence-corrected chi connectivity index (χ1v) is 8.27. The molecule has 0 rings (SSSR count). The normalized spacial score (nSPS) is 11.2. The lowest BCUT2D eigenvalue weighted by Crippen LogP contribution is -2.26. The van der Waals surface area contributed by atoms with Crippen molar-refractivity contribution in [2.45, 2.75) is 79.1 Å². The number of hydrogen-bond donors (Lipinski definition) is 0. The van der Waals surface area contributed by atoms with Crippen LogP contribution in [0.2, 0.25) is 0 Å². The fourth-order valence-electron chi connectivity index (χ4n) is 1.68. The van der Waals surface area contributed by atoms with E-state index in [9.17, 15) is 9.59 Å². The van der Waals surface area contributed by atoms with Crippen LogP contribution < -0.4 is 0 Å². The van der Waals surface area contributed by atoms with Gasteiger partial charge in [0, 0.05) is 6.42 Å². The Hall–Kier alpha value is -1.06. The highest BCUT2D eigenvalue weighted by molar-refractivity contribution is 5.75. The Bertz CT molecular complexity index is 297. The van der Waals surface area contributed by atoms with Crippen LogP contribution in [-0.2, 0) is 19.1 Å². The Morgan fingerprint density at radius 1 is 0.857 bits per heavy atom. The molecule has 0 spiro atoms. The molecule has 4 heteroatoms. The summed E-state index contributed by atoms with van der Waals surface area (Å²) < 4.78 is 10.3. The molecular weight excluding hydrogens is 268 g/mol. The molecule has 0 aliphatic carbocycles. The van der Waals surface area contributed by atoms with E-state index in [-0.39, 0.29) is 18.5 Å². The van der Waals surface area contributed by atoms with E-state index in [2.05, 4.69) is 6.92 Å². The van der Waals surface area contributed by atoms with Gasteiger partial charge in [-0.05, 0) is 33.1 Å². The SMILES string of the molecule is CCCCCCCOC(=O)CCCOC(=O)C(C)(C)CC. The van der Waals surface area contributed by atoms with Crippen LogP contribution in [0.25, 0.3) is 0 Å². The zero-order chi connectivity index (χ0) is 16.1. The number of unbranched alkanes of at least 4 members (excludes halogenated alkanes) is 4. The highest BCUT2D eigenvalue weighted by atomic mass is 16.5. The third-order valence-electron chi connectivity index (χ3n) is 3.71. The second-order valence-corrected chi connectivity index (χ2v) is 6.11. The molecule has 0 heterocycles. The number of esters is 2. The first kappa shape index (κ1) is 19.9. The van der Waals surface area contributed by atoms with E-state index in [4.69, 9.17) is 9.47 Å². The molecule has 0 aromatic carbocycles. The minimum atomic E-state index is -0.445. The summed E-state index contributed by atoms with van der Waals surface area (Å²) in [6, 6.07) is 0. The van der Waals surface area contributed by atoms with Crippen LogP contribution in [0.15, 0.2) is 0 Å². The van der Waals surface area contributed by atoms with Crippen molar-refractivity contribution in [3.63, 3.8) is 0 Å². The van der Waals surface area contributed by atoms with Crippen molar-refractivity contribution in [1.82, 2.24) is 0 Å². The Morgan fingerprint density at radius 3 is 2.10 bits per heavy atom. The van der Waals surface area contributed by atoms with Crippen molar-refractivity contribution in [1.29, 1.82) is 0 Å². The molecule has 0 aliphatic rings. The molecule has 0 aliphatic heterocycles. The van der Waals surface area contributed by atoms with E-state index in [1.165, 1.54) is 19.3 Å². The molecule has 4 nitrogen and oxygen atoms in total. The van der Waals surface area contributed by atoms with Crippen molar-refractivity contribution in [3.8, 4) is 0 Å². The van der Waals surface area contributed by atoms with E-state index >= 15 is 0 Å². The lowest BCUT2D eigenvalue weighted by Gasteiger charge is -2.20. The predicted octanol–water partition coefficient (Wildman–Crippen LogP) is 4.26. The molecule has 0 saturated carbocycles. The quantitative estimate of drug-likeness (QED) is 0.399. The van der Waals surface area contributed by atoms with Gasteiger partial charge < -0.3 is 9.47 Å². The Balaban J connectivity index is 3.52. The van der Waals surface area contributed by atoms with Crippen LogP contribution in [0.3, 0.4) is 0 Å². The maximum atomic E-state index is 11.7. The summed E-state index contributed by atoms with van der Waals surface area (Å²) in [4.78, 5) is 23.2. The molecule has 21 heavy (non-hydrogen) atoms. The smallest absolute Gasteiger partial charge is 0.311 e. The second-order valence-electron chi connectivity index (χ2n) is 6.11. The summed E-state index contributed by atoms with van der Waals surface area (Å²) in [5.74, 6) is -0.398. The Kier molecular flexibility index (Phi) is 11.0. The van der Waals surface area contributed by atoms with E-state index < -0.39 is 5.41 Å². The van der Waals surface area contributed by atoms with Crippen molar-refractivity contribution >= 4 is 11.9 Å². The van der Waals surface area contributed by atoms with Gasteiger partial charge in [-0.2, -0.15) is 0 Å². The van der Waals surface area contributed by atoms with Crippen LogP contribution in [-0.4, -0.2) is 25.2 Å². The Labute approximate surface area is 129 Å². The van der Waals surface area contributed by atoms with Crippen LogP contribution >= 0.6 is 0 Å². The monoisotopic (exact) mass is 300 g/mol. The molecule has 0 aromatic heterocycles. The van der Waals surface area contributed by atoms with Crippen LogP contribution in [0, 0.1) is 5.41 Å². The number of carbonyl (C=O) groups is 2.